The maximum atomic E-state index is 12.2. The molecule has 2 heterocycles. The van der Waals surface area contributed by atoms with Crippen LogP contribution in [0.5, 0.6) is 11.5 Å². The largest absolute Gasteiger partial charge is 0.369 e. The molecule has 0 unspecified atom stereocenters. The second kappa shape index (κ2) is 6.66. The smallest absolute Gasteiger partial charge is 0.193 e. The van der Waals surface area contributed by atoms with Crippen LogP contribution < -0.4 is 4.90 Å². The van der Waals surface area contributed by atoms with Crippen LogP contribution in [0.2, 0.25) is 0 Å². The van der Waals surface area contributed by atoms with E-state index >= 15 is 0 Å². The van der Waals surface area contributed by atoms with Gasteiger partial charge in [-0.2, -0.15) is 0 Å². The van der Waals surface area contributed by atoms with E-state index in [2.05, 4.69) is 9.88 Å². The van der Waals surface area contributed by atoms with Crippen molar-refractivity contribution < 1.29 is 15.0 Å². The summed E-state index contributed by atoms with van der Waals surface area (Å²) in [7, 11) is 0. The van der Waals surface area contributed by atoms with Crippen LogP contribution in [-0.2, 0) is 10.2 Å². The van der Waals surface area contributed by atoms with Gasteiger partial charge in [0.2, 0.25) is 0 Å². The van der Waals surface area contributed by atoms with E-state index in [1.165, 1.54) is 18.2 Å². The van der Waals surface area contributed by atoms with Crippen molar-refractivity contribution in [2.75, 3.05) is 37.6 Å². The number of Topliss-reactive ketones (excluding diaryl/α,β-unsaturated/α-hetero) is 1. The lowest BCUT2D eigenvalue weighted by molar-refractivity contribution is 0.0917. The highest BCUT2D eigenvalue weighted by molar-refractivity contribution is 6.02. The molecule has 1 aliphatic rings. The maximum absolute atomic E-state index is 12.2. The summed E-state index contributed by atoms with van der Waals surface area (Å²) in [5.74, 6) is -1.37. The van der Waals surface area contributed by atoms with Crippen molar-refractivity contribution in [2.45, 2.75) is 0 Å². The molecule has 6 heteroatoms. The fraction of sp³-hybridized carbons (Fsp3) is 0.294. The monoisotopic (exact) mass is 311 g/mol. The van der Waals surface area contributed by atoms with Gasteiger partial charge in [0.15, 0.2) is 17.3 Å². The SMILES string of the molecule is [O]c1cccc([O])c1C(=O)CN1CCN(c2ccncc2)CC1. The van der Waals surface area contributed by atoms with Crippen molar-refractivity contribution in [2.24, 2.45) is 0 Å². The Labute approximate surface area is 134 Å². The van der Waals surface area contributed by atoms with E-state index in [0.29, 0.717) is 13.1 Å². The van der Waals surface area contributed by atoms with Crippen molar-refractivity contribution in [3.63, 3.8) is 0 Å². The van der Waals surface area contributed by atoms with Gasteiger partial charge in [0.1, 0.15) is 5.56 Å². The van der Waals surface area contributed by atoms with E-state index in [1.54, 1.807) is 12.4 Å². The van der Waals surface area contributed by atoms with Gasteiger partial charge in [0.25, 0.3) is 0 Å². The molecule has 0 aliphatic carbocycles. The predicted octanol–water partition coefficient (Wildman–Crippen LogP) is 2.37. The zero-order chi connectivity index (χ0) is 16.2. The minimum Gasteiger partial charge on any atom is -0.369 e. The molecule has 0 N–H and O–H groups in total. The van der Waals surface area contributed by atoms with E-state index in [1.807, 2.05) is 17.0 Å². The molecule has 1 aromatic heterocycles. The summed E-state index contributed by atoms with van der Waals surface area (Å²) in [6.45, 7) is 3.12. The molecular formula is C17H17N3O3. The Kier molecular flexibility index (Phi) is 4.43. The summed E-state index contributed by atoms with van der Waals surface area (Å²) in [5, 5.41) is 23.4. The van der Waals surface area contributed by atoms with E-state index in [4.69, 9.17) is 0 Å². The molecule has 3 rings (SSSR count). The zero-order valence-corrected chi connectivity index (χ0v) is 12.6. The first-order valence-electron chi connectivity index (χ1n) is 7.53. The highest BCUT2D eigenvalue weighted by Gasteiger charge is 2.23. The highest BCUT2D eigenvalue weighted by Crippen LogP contribution is 2.28. The number of benzene rings is 1. The van der Waals surface area contributed by atoms with E-state index in [-0.39, 0.29) is 12.1 Å². The van der Waals surface area contributed by atoms with Gasteiger partial charge in [0, 0.05) is 44.3 Å². The Balaban J connectivity index is 1.60. The standard InChI is InChI=1S/C17H17N3O3/c21-14-2-1-3-15(22)17(14)16(23)12-19-8-10-20(11-9-19)13-4-6-18-7-5-13/h1-7H,8-12H2. The molecule has 1 aromatic carbocycles. The second-order valence-electron chi connectivity index (χ2n) is 5.52. The van der Waals surface area contributed by atoms with Crippen molar-refractivity contribution in [3.8, 4) is 11.5 Å². The number of hydrogen-bond donors (Lipinski definition) is 0. The summed E-state index contributed by atoms with van der Waals surface area (Å²) in [6, 6.07) is 7.82. The van der Waals surface area contributed by atoms with Gasteiger partial charge in [-0.25, -0.2) is 0 Å². The molecule has 2 radical (unpaired) electrons. The number of anilines is 1. The van der Waals surface area contributed by atoms with Crippen molar-refractivity contribution in [1.82, 2.24) is 9.88 Å². The first kappa shape index (κ1) is 15.3. The van der Waals surface area contributed by atoms with Gasteiger partial charge in [-0.05, 0) is 24.3 Å². The number of carbonyl (C=O) groups excluding carboxylic acids is 1. The normalized spacial score (nSPS) is 15.6. The molecule has 1 fully saturated rings. The van der Waals surface area contributed by atoms with E-state index in [9.17, 15) is 15.0 Å². The molecule has 1 saturated heterocycles. The van der Waals surface area contributed by atoms with Crippen LogP contribution in [0.3, 0.4) is 0 Å². The quantitative estimate of drug-likeness (QED) is 0.812. The Morgan fingerprint density at radius 3 is 2.17 bits per heavy atom. The van der Waals surface area contributed by atoms with Gasteiger partial charge < -0.3 is 4.90 Å². The Bertz CT molecular complexity index is 662. The maximum Gasteiger partial charge on any atom is 0.193 e. The van der Waals surface area contributed by atoms with Crippen molar-refractivity contribution >= 4 is 11.5 Å². The molecule has 0 atom stereocenters. The van der Waals surface area contributed by atoms with Crippen LogP contribution >= 0.6 is 0 Å². The number of hydrogen-bond acceptors (Lipinski definition) is 4. The number of aromatic nitrogens is 1. The van der Waals surface area contributed by atoms with Gasteiger partial charge in [0.05, 0.1) is 6.54 Å². The van der Waals surface area contributed by atoms with Crippen LogP contribution in [0, 0.1) is 0 Å². The highest BCUT2D eigenvalue weighted by atomic mass is 16.3. The van der Waals surface area contributed by atoms with E-state index < -0.39 is 17.3 Å². The fourth-order valence-electron chi connectivity index (χ4n) is 2.79. The fourth-order valence-corrected chi connectivity index (χ4v) is 2.79. The number of pyridine rings is 1. The predicted molar refractivity (Wildman–Crippen MR) is 83.9 cm³/mol. The number of ketones is 1. The van der Waals surface area contributed by atoms with Crippen molar-refractivity contribution in [3.05, 3.63) is 48.3 Å². The molecule has 1 aliphatic heterocycles. The lowest BCUT2D eigenvalue weighted by atomic mass is 10.1. The zero-order valence-electron chi connectivity index (χ0n) is 12.6. The van der Waals surface area contributed by atoms with Crippen LogP contribution in [0.25, 0.3) is 0 Å². The topological polar surface area (TPSA) is 76.2 Å². The van der Waals surface area contributed by atoms with Crippen molar-refractivity contribution in [1.29, 1.82) is 0 Å². The molecule has 0 saturated carbocycles. The third-order valence-corrected chi connectivity index (χ3v) is 4.03. The molecule has 2 aromatic rings. The number of nitrogens with zero attached hydrogens (tertiary/aromatic N) is 3. The summed E-state index contributed by atoms with van der Waals surface area (Å²) < 4.78 is 0. The minimum atomic E-state index is -0.488. The van der Waals surface area contributed by atoms with Crippen LogP contribution in [-0.4, -0.2) is 48.4 Å². The van der Waals surface area contributed by atoms with Crippen LogP contribution in [0.1, 0.15) is 10.4 Å². The number of carbonyl (C=O) groups is 1. The third kappa shape index (κ3) is 3.43. The molecule has 6 nitrogen and oxygen atoms in total. The summed E-state index contributed by atoms with van der Waals surface area (Å²) in [4.78, 5) is 20.4. The Hall–Kier alpha value is -2.60. The Morgan fingerprint density at radius 2 is 1.57 bits per heavy atom. The van der Waals surface area contributed by atoms with Crippen LogP contribution in [0.15, 0.2) is 42.7 Å². The minimum absolute atomic E-state index is 0.110. The molecule has 118 valence electrons. The summed E-state index contributed by atoms with van der Waals surface area (Å²) in [6.07, 6.45) is 3.51. The molecule has 23 heavy (non-hydrogen) atoms. The van der Waals surface area contributed by atoms with Gasteiger partial charge in [-0.3, -0.25) is 24.9 Å². The number of piperazine rings is 1. The van der Waals surface area contributed by atoms with E-state index in [0.717, 1.165) is 18.8 Å². The summed E-state index contributed by atoms with van der Waals surface area (Å²) >= 11 is 0. The van der Waals surface area contributed by atoms with Gasteiger partial charge in [-0.15, -0.1) is 0 Å². The second-order valence-corrected chi connectivity index (χ2v) is 5.52. The molecular weight excluding hydrogens is 294 g/mol. The lowest BCUT2D eigenvalue weighted by Gasteiger charge is -2.35. The average molecular weight is 311 g/mol. The van der Waals surface area contributed by atoms with Crippen LogP contribution in [0.4, 0.5) is 5.69 Å². The molecule has 0 spiro atoms. The summed E-state index contributed by atoms with van der Waals surface area (Å²) in [5.41, 5.74) is 0.891. The average Bonchev–Trinajstić information content (AvgIpc) is 2.56. The Morgan fingerprint density at radius 1 is 0.957 bits per heavy atom. The third-order valence-electron chi connectivity index (χ3n) is 4.03. The molecule has 0 amide bonds. The number of rotatable bonds is 4. The van der Waals surface area contributed by atoms with Gasteiger partial charge in [-0.1, -0.05) is 6.07 Å². The molecule has 0 bridgehead atoms. The lowest BCUT2D eigenvalue weighted by Crippen LogP contribution is -2.48. The first-order chi connectivity index (χ1) is 11.1. The first-order valence-corrected chi connectivity index (χ1v) is 7.53. The van der Waals surface area contributed by atoms with Gasteiger partial charge >= 0.3 is 0 Å².